The molecule has 112 valence electrons. The highest BCUT2D eigenvalue weighted by molar-refractivity contribution is 5.86. The smallest absolute Gasteiger partial charge is 0.326 e. The number of aliphatic carboxylic acids is 2. The Morgan fingerprint density at radius 2 is 1.90 bits per heavy atom. The summed E-state index contributed by atoms with van der Waals surface area (Å²) in [5.74, 6) is -2.18. The highest BCUT2D eigenvalue weighted by atomic mass is 16.5. The van der Waals surface area contributed by atoms with Crippen molar-refractivity contribution >= 4 is 18.0 Å². The van der Waals surface area contributed by atoms with Crippen LogP contribution in [0.1, 0.15) is 25.7 Å². The fourth-order valence-corrected chi connectivity index (χ4v) is 2.40. The summed E-state index contributed by atoms with van der Waals surface area (Å²) >= 11 is 0. The van der Waals surface area contributed by atoms with Gasteiger partial charge in [-0.1, -0.05) is 0 Å². The van der Waals surface area contributed by atoms with Crippen molar-refractivity contribution < 1.29 is 29.3 Å². The zero-order valence-electron chi connectivity index (χ0n) is 10.9. The Kier molecular flexibility index (Phi) is 4.43. The lowest BCUT2D eigenvalue weighted by molar-refractivity contribution is -0.145. The third-order valence-electron chi connectivity index (χ3n) is 3.52. The van der Waals surface area contributed by atoms with Crippen LogP contribution < -0.4 is 10.6 Å². The molecule has 1 aliphatic carbocycles. The van der Waals surface area contributed by atoms with E-state index in [0.717, 1.165) is 12.8 Å². The molecule has 1 saturated heterocycles. The van der Waals surface area contributed by atoms with Crippen LogP contribution >= 0.6 is 0 Å². The third-order valence-corrected chi connectivity index (χ3v) is 3.52. The van der Waals surface area contributed by atoms with E-state index in [-0.39, 0.29) is 12.1 Å². The van der Waals surface area contributed by atoms with Gasteiger partial charge in [-0.05, 0) is 25.2 Å². The Morgan fingerprint density at radius 3 is 2.45 bits per heavy atom. The zero-order chi connectivity index (χ0) is 14.7. The van der Waals surface area contributed by atoms with Crippen molar-refractivity contribution in [1.82, 2.24) is 10.6 Å². The fraction of sp³-hybridized carbons (Fsp3) is 0.750. The number of hydrogen-bond acceptors (Lipinski definition) is 4. The summed E-state index contributed by atoms with van der Waals surface area (Å²) in [7, 11) is 0. The van der Waals surface area contributed by atoms with Crippen LogP contribution in [0.4, 0.5) is 4.79 Å². The number of carbonyl (C=O) groups excluding carboxylic acids is 1. The Morgan fingerprint density at radius 1 is 1.20 bits per heavy atom. The molecule has 2 rings (SSSR count). The van der Waals surface area contributed by atoms with Crippen molar-refractivity contribution in [1.29, 1.82) is 0 Å². The van der Waals surface area contributed by atoms with Crippen LogP contribution in [0.15, 0.2) is 0 Å². The first-order valence-corrected chi connectivity index (χ1v) is 6.60. The number of hydrogen-bond donors (Lipinski definition) is 4. The molecule has 8 heteroatoms. The second-order valence-electron chi connectivity index (χ2n) is 5.17. The summed E-state index contributed by atoms with van der Waals surface area (Å²) in [5, 5.41) is 22.3. The predicted molar refractivity (Wildman–Crippen MR) is 66.2 cm³/mol. The molecule has 0 aromatic carbocycles. The van der Waals surface area contributed by atoms with E-state index in [0.29, 0.717) is 18.9 Å². The molecule has 0 radical (unpaired) electrons. The van der Waals surface area contributed by atoms with Gasteiger partial charge in [0, 0.05) is 6.61 Å². The first-order chi connectivity index (χ1) is 9.47. The minimum atomic E-state index is -1.44. The van der Waals surface area contributed by atoms with Crippen molar-refractivity contribution in [3.8, 4) is 0 Å². The molecule has 0 bridgehead atoms. The van der Waals surface area contributed by atoms with Gasteiger partial charge in [0.15, 0.2) is 0 Å². The lowest BCUT2D eigenvalue weighted by Gasteiger charge is -2.21. The van der Waals surface area contributed by atoms with Crippen LogP contribution in [0.3, 0.4) is 0 Å². The van der Waals surface area contributed by atoms with E-state index in [1.165, 1.54) is 0 Å². The Bertz CT molecular complexity index is 409. The Hall–Kier alpha value is -1.83. The lowest BCUT2D eigenvalue weighted by atomic mass is 10.1. The van der Waals surface area contributed by atoms with Crippen LogP contribution in [0.5, 0.6) is 0 Å². The van der Waals surface area contributed by atoms with Gasteiger partial charge in [-0.15, -0.1) is 0 Å². The van der Waals surface area contributed by atoms with Gasteiger partial charge in [0.05, 0.1) is 18.6 Å². The molecule has 20 heavy (non-hydrogen) atoms. The second kappa shape index (κ2) is 6.08. The molecule has 4 N–H and O–H groups in total. The molecule has 8 nitrogen and oxygen atoms in total. The number of rotatable bonds is 6. The van der Waals surface area contributed by atoms with E-state index in [2.05, 4.69) is 10.6 Å². The van der Waals surface area contributed by atoms with E-state index in [9.17, 15) is 14.4 Å². The van der Waals surface area contributed by atoms with Crippen LogP contribution in [0.25, 0.3) is 0 Å². The van der Waals surface area contributed by atoms with E-state index >= 15 is 0 Å². The average molecular weight is 286 g/mol. The minimum absolute atomic E-state index is 0.0106. The molecule has 3 atom stereocenters. The lowest BCUT2D eigenvalue weighted by Crippen LogP contribution is -2.51. The van der Waals surface area contributed by atoms with Crippen LogP contribution in [0, 0.1) is 5.92 Å². The van der Waals surface area contributed by atoms with Gasteiger partial charge in [-0.3, -0.25) is 4.79 Å². The molecule has 2 aliphatic rings. The maximum absolute atomic E-state index is 11.7. The predicted octanol–water partition coefficient (Wildman–Crippen LogP) is -0.219. The van der Waals surface area contributed by atoms with Crippen molar-refractivity contribution in [3.63, 3.8) is 0 Å². The van der Waals surface area contributed by atoms with Gasteiger partial charge in [-0.2, -0.15) is 0 Å². The molecule has 0 aromatic rings. The second-order valence-corrected chi connectivity index (χ2v) is 5.17. The summed E-state index contributed by atoms with van der Waals surface area (Å²) in [6.07, 6.45) is 2.19. The molecule has 0 aromatic heterocycles. The number of carboxylic acid groups (broad SMARTS) is 2. The summed E-state index contributed by atoms with van der Waals surface area (Å²) in [4.78, 5) is 33.1. The molecule has 1 saturated carbocycles. The van der Waals surface area contributed by atoms with Gasteiger partial charge in [0.1, 0.15) is 6.04 Å². The average Bonchev–Trinajstić information content (AvgIpc) is 3.09. The van der Waals surface area contributed by atoms with Crippen LogP contribution in [0.2, 0.25) is 0 Å². The molecular formula is C12H18N2O6. The summed E-state index contributed by atoms with van der Waals surface area (Å²) in [5.41, 5.74) is 0. The van der Waals surface area contributed by atoms with Gasteiger partial charge >= 0.3 is 18.0 Å². The van der Waals surface area contributed by atoms with Crippen molar-refractivity contribution in [2.75, 3.05) is 6.61 Å². The van der Waals surface area contributed by atoms with Crippen molar-refractivity contribution in [3.05, 3.63) is 0 Å². The normalized spacial score (nSPS) is 26.8. The number of carboxylic acids is 2. The molecule has 2 unspecified atom stereocenters. The Balaban J connectivity index is 1.84. The number of ether oxygens (including phenoxy) is 1. The fourth-order valence-electron chi connectivity index (χ4n) is 2.40. The van der Waals surface area contributed by atoms with Gasteiger partial charge in [0.25, 0.3) is 0 Å². The summed E-state index contributed by atoms with van der Waals surface area (Å²) in [6.45, 7) is 0.573. The summed E-state index contributed by atoms with van der Waals surface area (Å²) in [6, 6.07) is -2.24. The highest BCUT2D eigenvalue weighted by Crippen LogP contribution is 2.38. The molecular weight excluding hydrogens is 268 g/mol. The van der Waals surface area contributed by atoms with Gasteiger partial charge in [0.2, 0.25) is 0 Å². The van der Waals surface area contributed by atoms with Crippen LogP contribution in [-0.4, -0.2) is 53.0 Å². The Labute approximate surface area is 115 Å². The minimum Gasteiger partial charge on any atom is -0.481 e. The van der Waals surface area contributed by atoms with Crippen molar-refractivity contribution in [2.24, 2.45) is 5.92 Å². The number of urea groups is 1. The zero-order valence-corrected chi connectivity index (χ0v) is 10.9. The van der Waals surface area contributed by atoms with Gasteiger partial charge < -0.3 is 25.6 Å². The molecule has 1 aliphatic heterocycles. The maximum Gasteiger partial charge on any atom is 0.326 e. The quantitative estimate of drug-likeness (QED) is 0.535. The number of nitrogens with one attached hydrogen (secondary N) is 2. The number of carbonyl (C=O) groups is 3. The van der Waals surface area contributed by atoms with E-state index < -0.39 is 30.4 Å². The third kappa shape index (κ3) is 3.83. The van der Waals surface area contributed by atoms with Crippen LogP contribution in [-0.2, 0) is 14.3 Å². The van der Waals surface area contributed by atoms with E-state index in [4.69, 9.17) is 14.9 Å². The van der Waals surface area contributed by atoms with Crippen molar-refractivity contribution in [2.45, 2.75) is 43.9 Å². The molecule has 1 heterocycles. The van der Waals surface area contributed by atoms with E-state index in [1.54, 1.807) is 0 Å². The topological polar surface area (TPSA) is 125 Å². The van der Waals surface area contributed by atoms with Gasteiger partial charge in [-0.25, -0.2) is 9.59 Å². The molecule has 0 spiro atoms. The highest BCUT2D eigenvalue weighted by Gasteiger charge is 2.41. The van der Waals surface area contributed by atoms with E-state index in [1.807, 2.05) is 0 Å². The number of amides is 2. The first-order valence-electron chi connectivity index (χ1n) is 6.60. The molecule has 2 fully saturated rings. The molecule has 2 amide bonds. The monoisotopic (exact) mass is 286 g/mol. The SMILES string of the molecule is O=C(O)C[C@H](NC(=O)NC1CCOC1C1CC1)C(=O)O. The first kappa shape index (κ1) is 14.6. The summed E-state index contributed by atoms with van der Waals surface area (Å²) < 4.78 is 5.55. The largest absolute Gasteiger partial charge is 0.481 e. The standard InChI is InChI=1S/C12H18N2O6/c15-9(16)5-8(11(17)18)14-12(19)13-7-3-4-20-10(7)6-1-2-6/h6-8,10H,1-5H2,(H,15,16)(H,17,18)(H2,13,14,19)/t7?,8-,10?/m0/s1. The maximum atomic E-state index is 11.7.